The molecular weight excluding hydrogens is 264 g/mol. The van der Waals surface area contributed by atoms with Crippen LogP contribution in [0.3, 0.4) is 0 Å². The van der Waals surface area contributed by atoms with E-state index in [1.54, 1.807) is 16.6 Å². The van der Waals surface area contributed by atoms with Crippen LogP contribution in [0.5, 0.6) is 0 Å². The third kappa shape index (κ3) is 2.94. The minimum absolute atomic E-state index is 0.0593. The Morgan fingerprint density at radius 1 is 1.63 bits per heavy atom. The highest BCUT2D eigenvalue weighted by molar-refractivity contribution is 7.09. The summed E-state index contributed by atoms with van der Waals surface area (Å²) >= 11 is 1.42. The fourth-order valence-electron chi connectivity index (χ4n) is 2.63. The van der Waals surface area contributed by atoms with E-state index in [2.05, 4.69) is 4.98 Å². The molecule has 5 nitrogen and oxygen atoms in total. The lowest BCUT2D eigenvalue weighted by Crippen LogP contribution is -2.39. The maximum absolute atomic E-state index is 12.2. The van der Waals surface area contributed by atoms with Gasteiger partial charge in [-0.25, -0.2) is 0 Å². The number of nitrogens with zero attached hydrogens (tertiary/aromatic N) is 2. The third-order valence-electron chi connectivity index (χ3n) is 3.47. The van der Waals surface area contributed by atoms with Gasteiger partial charge in [0.2, 0.25) is 5.91 Å². The molecule has 0 saturated carbocycles. The molecule has 2 heterocycles. The highest BCUT2D eigenvalue weighted by atomic mass is 32.1. The molecule has 1 fully saturated rings. The zero-order chi connectivity index (χ0) is 13.8. The SMILES string of the molecule is CCCN1C(=O)CCCC(C(=O)O)C1c1cncs1. The molecule has 1 aromatic heterocycles. The summed E-state index contributed by atoms with van der Waals surface area (Å²) in [7, 11) is 0. The molecule has 6 heteroatoms. The number of aliphatic carboxylic acids is 1. The minimum atomic E-state index is -0.825. The van der Waals surface area contributed by atoms with Crippen LogP contribution in [-0.2, 0) is 9.59 Å². The number of rotatable bonds is 4. The van der Waals surface area contributed by atoms with Crippen LogP contribution in [0, 0.1) is 5.92 Å². The molecule has 1 saturated heterocycles. The van der Waals surface area contributed by atoms with E-state index in [9.17, 15) is 14.7 Å². The number of likely N-dealkylation sites (tertiary alicyclic amines) is 1. The van der Waals surface area contributed by atoms with Crippen molar-refractivity contribution < 1.29 is 14.7 Å². The van der Waals surface area contributed by atoms with Gasteiger partial charge in [-0.3, -0.25) is 14.6 Å². The molecule has 1 amide bonds. The average molecular weight is 282 g/mol. The van der Waals surface area contributed by atoms with Crippen LogP contribution in [-0.4, -0.2) is 33.4 Å². The van der Waals surface area contributed by atoms with Crippen molar-refractivity contribution in [1.82, 2.24) is 9.88 Å². The normalized spacial score (nSPS) is 24.3. The molecule has 0 bridgehead atoms. The lowest BCUT2D eigenvalue weighted by molar-refractivity contribution is -0.146. The van der Waals surface area contributed by atoms with Gasteiger partial charge in [0, 0.05) is 24.0 Å². The lowest BCUT2D eigenvalue weighted by atomic mass is 9.94. The predicted octanol–water partition coefficient (Wildman–Crippen LogP) is 2.31. The Balaban J connectivity index is 2.39. The molecule has 2 unspecified atom stereocenters. The van der Waals surface area contributed by atoms with Crippen molar-refractivity contribution in [1.29, 1.82) is 0 Å². The smallest absolute Gasteiger partial charge is 0.308 e. The van der Waals surface area contributed by atoms with Crippen LogP contribution < -0.4 is 0 Å². The van der Waals surface area contributed by atoms with Crippen LogP contribution in [0.4, 0.5) is 0 Å². The second kappa shape index (κ2) is 6.14. The van der Waals surface area contributed by atoms with Gasteiger partial charge in [-0.15, -0.1) is 11.3 Å². The summed E-state index contributed by atoms with van der Waals surface area (Å²) in [5.41, 5.74) is 1.69. The molecule has 1 aromatic rings. The van der Waals surface area contributed by atoms with Gasteiger partial charge in [0.05, 0.1) is 17.5 Å². The minimum Gasteiger partial charge on any atom is -0.481 e. The Kier molecular flexibility index (Phi) is 4.52. The summed E-state index contributed by atoms with van der Waals surface area (Å²) < 4.78 is 0. The molecule has 2 rings (SSSR count). The predicted molar refractivity (Wildman–Crippen MR) is 71.8 cm³/mol. The zero-order valence-electron chi connectivity index (χ0n) is 10.9. The number of carbonyl (C=O) groups is 2. The number of hydrogen-bond acceptors (Lipinski definition) is 4. The van der Waals surface area contributed by atoms with Crippen LogP contribution >= 0.6 is 11.3 Å². The highest BCUT2D eigenvalue weighted by Gasteiger charge is 2.38. The van der Waals surface area contributed by atoms with Gasteiger partial charge in [0.1, 0.15) is 0 Å². The van der Waals surface area contributed by atoms with E-state index in [1.807, 2.05) is 6.92 Å². The van der Waals surface area contributed by atoms with Crippen molar-refractivity contribution in [2.75, 3.05) is 6.54 Å². The van der Waals surface area contributed by atoms with Crippen molar-refractivity contribution >= 4 is 23.2 Å². The Bertz CT molecular complexity index is 447. The number of carboxylic acids is 1. The van der Waals surface area contributed by atoms with Gasteiger partial charge in [-0.1, -0.05) is 6.92 Å². The van der Waals surface area contributed by atoms with Gasteiger partial charge in [0.15, 0.2) is 0 Å². The molecule has 1 N–H and O–H groups in total. The Labute approximate surface area is 116 Å². The van der Waals surface area contributed by atoms with Crippen molar-refractivity contribution in [3.05, 3.63) is 16.6 Å². The molecule has 0 aromatic carbocycles. The molecule has 104 valence electrons. The van der Waals surface area contributed by atoms with Crippen LogP contribution in [0.2, 0.25) is 0 Å². The highest BCUT2D eigenvalue weighted by Crippen LogP contribution is 2.37. The number of carbonyl (C=O) groups excluding carboxylic acids is 1. The van der Waals surface area contributed by atoms with Crippen molar-refractivity contribution in [2.24, 2.45) is 5.92 Å². The van der Waals surface area contributed by atoms with Crippen LogP contribution in [0.1, 0.15) is 43.5 Å². The molecule has 0 radical (unpaired) electrons. The van der Waals surface area contributed by atoms with Crippen molar-refractivity contribution in [2.45, 2.75) is 38.6 Å². The molecule has 19 heavy (non-hydrogen) atoms. The van der Waals surface area contributed by atoms with Gasteiger partial charge in [0.25, 0.3) is 0 Å². The van der Waals surface area contributed by atoms with E-state index in [0.717, 1.165) is 11.3 Å². The largest absolute Gasteiger partial charge is 0.481 e. The summed E-state index contributed by atoms with van der Waals surface area (Å²) in [6, 6.07) is -0.361. The average Bonchev–Trinajstić information content (AvgIpc) is 2.84. The van der Waals surface area contributed by atoms with E-state index < -0.39 is 11.9 Å². The first-order valence-electron chi connectivity index (χ1n) is 6.55. The third-order valence-corrected chi connectivity index (χ3v) is 4.31. The molecule has 1 aliphatic rings. The van der Waals surface area contributed by atoms with E-state index in [-0.39, 0.29) is 11.9 Å². The standard InChI is InChI=1S/C13H18N2O3S/c1-2-6-15-11(16)5-3-4-9(13(17)18)12(15)10-7-14-8-19-10/h7-9,12H,2-6H2,1H3,(H,17,18). The second-order valence-electron chi connectivity index (χ2n) is 4.77. The van der Waals surface area contributed by atoms with Gasteiger partial charge < -0.3 is 10.0 Å². The van der Waals surface area contributed by atoms with Gasteiger partial charge in [-0.05, 0) is 19.3 Å². The van der Waals surface area contributed by atoms with E-state index in [0.29, 0.717) is 25.8 Å². The number of amides is 1. The second-order valence-corrected chi connectivity index (χ2v) is 5.69. The van der Waals surface area contributed by atoms with Gasteiger partial charge in [-0.2, -0.15) is 0 Å². The van der Waals surface area contributed by atoms with Crippen molar-refractivity contribution in [3.63, 3.8) is 0 Å². The first-order valence-corrected chi connectivity index (χ1v) is 7.43. The van der Waals surface area contributed by atoms with Crippen LogP contribution in [0.15, 0.2) is 11.7 Å². The number of hydrogen-bond donors (Lipinski definition) is 1. The molecular formula is C13H18N2O3S. The molecule has 2 atom stereocenters. The Morgan fingerprint density at radius 3 is 3.00 bits per heavy atom. The van der Waals surface area contributed by atoms with Crippen molar-refractivity contribution in [3.8, 4) is 0 Å². The quantitative estimate of drug-likeness (QED) is 0.920. The molecule has 0 aliphatic carbocycles. The lowest BCUT2D eigenvalue weighted by Gasteiger charge is -2.32. The number of thiazole rings is 1. The monoisotopic (exact) mass is 282 g/mol. The molecule has 0 spiro atoms. The fourth-order valence-corrected chi connectivity index (χ4v) is 3.43. The topological polar surface area (TPSA) is 70.5 Å². The summed E-state index contributed by atoms with van der Waals surface area (Å²) in [4.78, 5) is 30.3. The Hall–Kier alpha value is -1.43. The van der Waals surface area contributed by atoms with Gasteiger partial charge >= 0.3 is 5.97 Å². The maximum Gasteiger partial charge on any atom is 0.308 e. The summed E-state index contributed by atoms with van der Waals surface area (Å²) in [5.74, 6) is -1.29. The van der Waals surface area contributed by atoms with Crippen LogP contribution in [0.25, 0.3) is 0 Å². The fraction of sp³-hybridized carbons (Fsp3) is 0.615. The first-order chi connectivity index (χ1) is 9.15. The molecule has 1 aliphatic heterocycles. The van der Waals surface area contributed by atoms with E-state index in [1.165, 1.54) is 11.3 Å². The number of aromatic nitrogens is 1. The van der Waals surface area contributed by atoms with E-state index in [4.69, 9.17) is 0 Å². The first kappa shape index (κ1) is 14.0. The summed E-state index contributed by atoms with van der Waals surface area (Å²) in [6.45, 7) is 2.60. The summed E-state index contributed by atoms with van der Waals surface area (Å²) in [5, 5.41) is 9.45. The van der Waals surface area contributed by atoms with E-state index >= 15 is 0 Å². The number of carboxylic acid groups (broad SMARTS) is 1. The summed E-state index contributed by atoms with van der Waals surface area (Å²) in [6.07, 6.45) is 4.15. The zero-order valence-corrected chi connectivity index (χ0v) is 11.7. The Morgan fingerprint density at radius 2 is 2.42 bits per heavy atom. The maximum atomic E-state index is 12.2.